The van der Waals surface area contributed by atoms with Crippen LogP contribution in [0.15, 0.2) is 48.8 Å². The van der Waals surface area contributed by atoms with Crippen LogP contribution in [0.25, 0.3) is 0 Å². The van der Waals surface area contributed by atoms with Gasteiger partial charge in [0.15, 0.2) is 0 Å². The number of benzene rings is 1. The first-order chi connectivity index (χ1) is 13.1. The lowest BCUT2D eigenvalue weighted by Gasteiger charge is -2.38. The number of hydrogen-bond acceptors (Lipinski definition) is 5. The highest BCUT2D eigenvalue weighted by atomic mass is 35.5. The van der Waals surface area contributed by atoms with Crippen LogP contribution in [0.1, 0.15) is 11.6 Å². The standard InChI is InChI=1S/C19H21ClN4O3/c1-27-18(25)17(14-4-2-5-15(20)12-14)23-8-10-24(11-9-23)19(26)22-16-6-3-7-21-13-16/h2-7,12-13,17H,8-11H2,1H3,(H,22,26)/t17-/m1/s1. The van der Waals surface area contributed by atoms with E-state index in [9.17, 15) is 9.59 Å². The van der Waals surface area contributed by atoms with Crippen molar-refractivity contribution in [2.45, 2.75) is 6.04 Å². The number of nitrogens with one attached hydrogen (secondary N) is 1. The lowest BCUT2D eigenvalue weighted by molar-refractivity contribution is -0.148. The van der Waals surface area contributed by atoms with Gasteiger partial charge in [0, 0.05) is 37.4 Å². The predicted molar refractivity (Wildman–Crippen MR) is 103 cm³/mol. The number of halogens is 1. The molecule has 1 aromatic heterocycles. The number of carbonyl (C=O) groups excluding carboxylic acids is 2. The lowest BCUT2D eigenvalue weighted by Crippen LogP contribution is -2.52. The maximum absolute atomic E-state index is 12.4. The quantitative estimate of drug-likeness (QED) is 0.815. The Hall–Kier alpha value is -2.64. The summed E-state index contributed by atoms with van der Waals surface area (Å²) in [5.41, 5.74) is 1.43. The van der Waals surface area contributed by atoms with Crippen LogP contribution in [0.4, 0.5) is 10.5 Å². The topological polar surface area (TPSA) is 74.8 Å². The maximum Gasteiger partial charge on any atom is 0.327 e. The molecule has 0 unspecified atom stereocenters. The van der Waals surface area contributed by atoms with Crippen LogP contribution in [0.2, 0.25) is 5.02 Å². The summed E-state index contributed by atoms with van der Waals surface area (Å²) in [6.45, 7) is 2.10. The fraction of sp³-hybridized carbons (Fsp3) is 0.316. The van der Waals surface area contributed by atoms with Gasteiger partial charge >= 0.3 is 12.0 Å². The van der Waals surface area contributed by atoms with Crippen LogP contribution in [0.5, 0.6) is 0 Å². The summed E-state index contributed by atoms with van der Waals surface area (Å²) in [5.74, 6) is -0.342. The molecule has 1 saturated heterocycles. The number of methoxy groups -OCH3 is 1. The number of ether oxygens (including phenoxy) is 1. The van der Waals surface area contributed by atoms with Crippen molar-refractivity contribution in [1.82, 2.24) is 14.8 Å². The Bertz CT molecular complexity index is 795. The highest BCUT2D eigenvalue weighted by Crippen LogP contribution is 2.26. The number of anilines is 1. The first-order valence-electron chi connectivity index (χ1n) is 8.62. The van der Waals surface area contributed by atoms with E-state index in [0.29, 0.717) is 36.9 Å². The Morgan fingerprint density at radius 3 is 2.59 bits per heavy atom. The van der Waals surface area contributed by atoms with Crippen molar-refractivity contribution in [1.29, 1.82) is 0 Å². The number of pyridine rings is 1. The number of nitrogens with zero attached hydrogens (tertiary/aromatic N) is 3. The molecular formula is C19H21ClN4O3. The zero-order valence-corrected chi connectivity index (χ0v) is 15.7. The van der Waals surface area contributed by atoms with Gasteiger partial charge in [-0.25, -0.2) is 9.59 Å². The van der Waals surface area contributed by atoms with Crippen LogP contribution in [-0.2, 0) is 9.53 Å². The van der Waals surface area contributed by atoms with Crippen LogP contribution in [-0.4, -0.2) is 60.1 Å². The second kappa shape index (κ2) is 8.83. The fourth-order valence-electron chi connectivity index (χ4n) is 3.11. The zero-order chi connectivity index (χ0) is 19.2. The second-order valence-electron chi connectivity index (χ2n) is 6.18. The first kappa shape index (κ1) is 19.1. The summed E-state index contributed by atoms with van der Waals surface area (Å²) < 4.78 is 4.99. The number of amides is 2. The molecule has 7 nitrogen and oxygen atoms in total. The summed E-state index contributed by atoms with van der Waals surface area (Å²) >= 11 is 6.08. The van der Waals surface area contributed by atoms with E-state index < -0.39 is 6.04 Å². The van der Waals surface area contributed by atoms with E-state index in [4.69, 9.17) is 16.3 Å². The molecule has 1 aliphatic rings. The number of esters is 1. The molecule has 1 fully saturated rings. The molecule has 3 rings (SSSR count). The van der Waals surface area contributed by atoms with Gasteiger partial charge in [0.2, 0.25) is 0 Å². The van der Waals surface area contributed by atoms with Gasteiger partial charge in [-0.1, -0.05) is 23.7 Å². The van der Waals surface area contributed by atoms with Crippen molar-refractivity contribution >= 4 is 29.3 Å². The molecule has 0 saturated carbocycles. The molecule has 27 heavy (non-hydrogen) atoms. The van der Waals surface area contributed by atoms with Crippen LogP contribution >= 0.6 is 11.6 Å². The molecule has 1 N–H and O–H groups in total. The van der Waals surface area contributed by atoms with Crippen molar-refractivity contribution in [3.05, 3.63) is 59.4 Å². The number of hydrogen-bond donors (Lipinski definition) is 1. The SMILES string of the molecule is COC(=O)[C@@H](c1cccc(Cl)c1)N1CCN(C(=O)Nc2cccnc2)CC1. The third-order valence-corrected chi connectivity index (χ3v) is 4.70. The zero-order valence-electron chi connectivity index (χ0n) is 15.0. The smallest absolute Gasteiger partial charge is 0.327 e. The Labute approximate surface area is 162 Å². The minimum Gasteiger partial charge on any atom is -0.468 e. The van der Waals surface area contributed by atoms with E-state index in [0.717, 1.165) is 5.56 Å². The van der Waals surface area contributed by atoms with Crippen molar-refractivity contribution < 1.29 is 14.3 Å². The van der Waals surface area contributed by atoms with Gasteiger partial charge in [-0.15, -0.1) is 0 Å². The Morgan fingerprint density at radius 1 is 1.19 bits per heavy atom. The van der Waals surface area contributed by atoms with E-state index in [1.165, 1.54) is 7.11 Å². The first-order valence-corrected chi connectivity index (χ1v) is 8.99. The van der Waals surface area contributed by atoms with Gasteiger partial charge in [-0.3, -0.25) is 9.88 Å². The number of urea groups is 1. The Morgan fingerprint density at radius 2 is 1.96 bits per heavy atom. The molecule has 0 radical (unpaired) electrons. The van der Waals surface area contributed by atoms with Crippen molar-refractivity contribution in [3.8, 4) is 0 Å². The van der Waals surface area contributed by atoms with E-state index in [1.807, 2.05) is 17.0 Å². The predicted octanol–water partition coefficient (Wildman–Crippen LogP) is 2.80. The average molecular weight is 389 g/mol. The molecule has 0 bridgehead atoms. The lowest BCUT2D eigenvalue weighted by atomic mass is 10.0. The third-order valence-electron chi connectivity index (χ3n) is 4.47. The van der Waals surface area contributed by atoms with Gasteiger partial charge < -0.3 is 15.0 Å². The van der Waals surface area contributed by atoms with Gasteiger partial charge in [0.25, 0.3) is 0 Å². The Balaban J connectivity index is 1.65. The van der Waals surface area contributed by atoms with Crippen LogP contribution < -0.4 is 5.32 Å². The van der Waals surface area contributed by atoms with Crippen LogP contribution in [0.3, 0.4) is 0 Å². The molecule has 2 heterocycles. The Kier molecular flexibility index (Phi) is 6.26. The number of rotatable bonds is 4. The molecule has 2 aromatic rings. The summed E-state index contributed by atoms with van der Waals surface area (Å²) in [6.07, 6.45) is 3.25. The second-order valence-corrected chi connectivity index (χ2v) is 6.61. The fourth-order valence-corrected chi connectivity index (χ4v) is 3.31. The summed E-state index contributed by atoms with van der Waals surface area (Å²) in [6, 6.07) is 10.0. The summed E-state index contributed by atoms with van der Waals surface area (Å²) in [5, 5.41) is 3.39. The number of carbonyl (C=O) groups is 2. The molecule has 0 spiro atoms. The molecule has 1 aromatic carbocycles. The van der Waals surface area contributed by atoms with E-state index in [2.05, 4.69) is 10.3 Å². The van der Waals surface area contributed by atoms with Gasteiger partial charge in [0.05, 0.1) is 19.0 Å². The van der Waals surface area contributed by atoms with E-state index >= 15 is 0 Å². The summed E-state index contributed by atoms with van der Waals surface area (Å²) in [4.78, 5) is 32.5. The van der Waals surface area contributed by atoms with E-state index in [1.54, 1.807) is 41.6 Å². The molecule has 2 amide bonds. The normalized spacial score (nSPS) is 15.9. The molecule has 1 aliphatic heterocycles. The molecular weight excluding hydrogens is 368 g/mol. The third kappa shape index (κ3) is 4.75. The number of piperazine rings is 1. The average Bonchev–Trinajstić information content (AvgIpc) is 2.69. The van der Waals surface area contributed by atoms with Crippen molar-refractivity contribution in [2.24, 2.45) is 0 Å². The molecule has 1 atom stereocenters. The highest BCUT2D eigenvalue weighted by molar-refractivity contribution is 6.30. The number of aromatic nitrogens is 1. The molecule has 142 valence electrons. The van der Waals surface area contributed by atoms with Crippen molar-refractivity contribution in [3.63, 3.8) is 0 Å². The van der Waals surface area contributed by atoms with Gasteiger partial charge in [-0.2, -0.15) is 0 Å². The minimum absolute atomic E-state index is 0.181. The summed E-state index contributed by atoms with van der Waals surface area (Å²) in [7, 11) is 1.37. The van der Waals surface area contributed by atoms with Gasteiger partial charge in [-0.05, 0) is 29.8 Å². The highest BCUT2D eigenvalue weighted by Gasteiger charge is 2.32. The van der Waals surface area contributed by atoms with Crippen LogP contribution in [0, 0.1) is 0 Å². The minimum atomic E-state index is -0.544. The largest absolute Gasteiger partial charge is 0.468 e. The van der Waals surface area contributed by atoms with E-state index in [-0.39, 0.29) is 12.0 Å². The monoisotopic (exact) mass is 388 g/mol. The molecule has 8 heteroatoms. The van der Waals surface area contributed by atoms with Crippen molar-refractivity contribution in [2.75, 3.05) is 38.6 Å². The molecule has 0 aliphatic carbocycles. The maximum atomic E-state index is 12.4. The van der Waals surface area contributed by atoms with Gasteiger partial charge in [0.1, 0.15) is 6.04 Å².